The highest BCUT2D eigenvalue weighted by atomic mass is 19.4. The van der Waals surface area contributed by atoms with Crippen molar-refractivity contribution in [2.24, 2.45) is 0 Å². The first-order valence-corrected chi connectivity index (χ1v) is 13.7. The molecule has 2 aromatic heterocycles. The highest BCUT2D eigenvalue weighted by molar-refractivity contribution is 6.01. The first kappa shape index (κ1) is 31.8. The van der Waals surface area contributed by atoms with Gasteiger partial charge in [0.1, 0.15) is 23.6 Å². The second-order valence-electron chi connectivity index (χ2n) is 10.1. The molecule has 240 valence electrons. The summed E-state index contributed by atoms with van der Waals surface area (Å²) in [5.41, 5.74) is -1.56. The van der Waals surface area contributed by atoms with Crippen LogP contribution >= 0.6 is 0 Å². The lowest BCUT2D eigenvalue weighted by Gasteiger charge is -2.34. The van der Waals surface area contributed by atoms with E-state index in [1.165, 1.54) is 18.2 Å². The Bertz CT molecular complexity index is 1550. The lowest BCUT2D eigenvalue weighted by atomic mass is 10.0. The van der Waals surface area contributed by atoms with E-state index in [9.17, 15) is 31.1 Å². The van der Waals surface area contributed by atoms with Crippen molar-refractivity contribution in [3.8, 4) is 5.88 Å². The number of nitrogens with one attached hydrogen (secondary N) is 2. The van der Waals surface area contributed by atoms with Gasteiger partial charge in [-0.2, -0.15) is 26.9 Å². The van der Waals surface area contributed by atoms with Crippen molar-refractivity contribution in [1.29, 1.82) is 0 Å². The van der Waals surface area contributed by atoms with Crippen molar-refractivity contribution in [3.05, 3.63) is 66.3 Å². The number of carbonyl (C=O) groups excluding carboxylic acids is 1. The summed E-state index contributed by atoms with van der Waals surface area (Å²) < 4.78 is 86.8. The Labute approximate surface area is 253 Å². The Hall–Kier alpha value is -4.64. The van der Waals surface area contributed by atoms with Gasteiger partial charge in [-0.1, -0.05) is 18.7 Å². The molecule has 0 spiro atoms. The van der Waals surface area contributed by atoms with Crippen LogP contribution in [0.15, 0.2) is 49.3 Å². The monoisotopic (exact) mass is 638 g/mol. The van der Waals surface area contributed by atoms with Crippen molar-refractivity contribution in [2.75, 3.05) is 60.4 Å². The summed E-state index contributed by atoms with van der Waals surface area (Å²) in [6.07, 6.45) is -2.60. The van der Waals surface area contributed by atoms with Crippen LogP contribution in [0.3, 0.4) is 0 Å². The molecule has 17 heteroatoms. The standard InChI is InChI=1S/C28H28F6N8O3/c1-3-23(43)38-18-13-19(26(45-27(30)31)39-25(18)41-10-8-40(2)9-11-41)37-21-14-22(36-15-35-21)42-20(7-12-44-42)16-5-4-6-17(24(16)29)28(32,33)34/h3-6,13-15,20,27H,1,7-12H2,2H3,(H,38,43)(H,35,36,37). The van der Waals surface area contributed by atoms with Crippen molar-refractivity contribution < 1.29 is 40.7 Å². The number of amides is 1. The van der Waals surface area contributed by atoms with Crippen LogP contribution in [0.1, 0.15) is 23.6 Å². The third-order valence-corrected chi connectivity index (χ3v) is 7.15. The third kappa shape index (κ3) is 7.20. The van der Waals surface area contributed by atoms with Crippen LogP contribution in [0, 0.1) is 5.82 Å². The number of likely N-dealkylation sites (N-methyl/N-ethyl adjacent to an activating group) is 1. The van der Waals surface area contributed by atoms with Gasteiger partial charge < -0.3 is 25.2 Å². The molecule has 5 rings (SSSR count). The van der Waals surface area contributed by atoms with Crippen molar-refractivity contribution in [3.63, 3.8) is 0 Å². The minimum atomic E-state index is -4.90. The van der Waals surface area contributed by atoms with E-state index in [0.717, 1.165) is 23.5 Å². The minimum Gasteiger partial charge on any atom is -0.415 e. The Morgan fingerprint density at radius 1 is 1.16 bits per heavy atom. The summed E-state index contributed by atoms with van der Waals surface area (Å²) in [6, 6.07) is 4.72. The number of carbonyl (C=O) groups is 1. The average molecular weight is 639 g/mol. The molecule has 2 aliphatic rings. The summed E-state index contributed by atoms with van der Waals surface area (Å²) in [4.78, 5) is 34.3. The van der Waals surface area contributed by atoms with Gasteiger partial charge in [-0.3, -0.25) is 9.63 Å². The number of hydroxylamine groups is 1. The average Bonchev–Trinajstić information content (AvgIpc) is 3.48. The molecule has 1 atom stereocenters. The maximum atomic E-state index is 15.0. The number of nitrogens with zero attached hydrogens (tertiary/aromatic N) is 6. The molecule has 2 aliphatic heterocycles. The number of alkyl halides is 5. The Kier molecular flexibility index (Phi) is 9.29. The Morgan fingerprint density at radius 2 is 1.91 bits per heavy atom. The van der Waals surface area contributed by atoms with E-state index in [4.69, 9.17) is 9.57 Å². The number of hydrogen-bond donors (Lipinski definition) is 2. The number of anilines is 5. The topological polar surface area (TPSA) is 108 Å². The van der Waals surface area contributed by atoms with Gasteiger partial charge in [0.2, 0.25) is 11.8 Å². The van der Waals surface area contributed by atoms with Crippen LogP contribution in [0.5, 0.6) is 5.88 Å². The van der Waals surface area contributed by atoms with E-state index in [0.29, 0.717) is 32.2 Å². The van der Waals surface area contributed by atoms with Gasteiger partial charge in [0.05, 0.1) is 23.9 Å². The molecule has 1 amide bonds. The molecule has 2 saturated heterocycles. The number of pyridine rings is 1. The Morgan fingerprint density at radius 3 is 2.60 bits per heavy atom. The van der Waals surface area contributed by atoms with Crippen LogP contribution in [-0.4, -0.2) is 72.2 Å². The van der Waals surface area contributed by atoms with Crippen LogP contribution in [0.4, 0.5) is 55.2 Å². The predicted molar refractivity (Wildman–Crippen MR) is 152 cm³/mol. The highest BCUT2D eigenvalue weighted by Crippen LogP contribution is 2.41. The fraction of sp³-hybridized carbons (Fsp3) is 0.357. The lowest BCUT2D eigenvalue weighted by molar-refractivity contribution is -0.140. The molecular weight excluding hydrogens is 610 g/mol. The highest BCUT2D eigenvalue weighted by Gasteiger charge is 2.38. The Balaban J connectivity index is 1.48. The smallest absolute Gasteiger partial charge is 0.415 e. The van der Waals surface area contributed by atoms with Crippen LogP contribution < -0.4 is 25.3 Å². The quantitative estimate of drug-likeness (QED) is 0.242. The maximum Gasteiger partial charge on any atom is 0.419 e. The summed E-state index contributed by atoms with van der Waals surface area (Å²) >= 11 is 0. The molecule has 0 aliphatic carbocycles. The zero-order chi connectivity index (χ0) is 32.3. The predicted octanol–water partition coefficient (Wildman–Crippen LogP) is 5.13. The second kappa shape index (κ2) is 13.2. The molecular formula is C28H28F6N8O3. The van der Waals surface area contributed by atoms with Gasteiger partial charge in [-0.05, 0) is 25.3 Å². The van der Waals surface area contributed by atoms with E-state index in [1.807, 2.05) is 11.9 Å². The molecule has 0 radical (unpaired) electrons. The molecule has 1 unspecified atom stereocenters. The van der Waals surface area contributed by atoms with E-state index >= 15 is 0 Å². The number of benzene rings is 1. The second-order valence-corrected chi connectivity index (χ2v) is 10.1. The number of rotatable bonds is 9. The summed E-state index contributed by atoms with van der Waals surface area (Å²) in [5, 5.41) is 6.63. The largest absolute Gasteiger partial charge is 0.419 e. The number of ether oxygens (including phenoxy) is 1. The minimum absolute atomic E-state index is 0.0213. The molecule has 2 fully saturated rings. The molecule has 2 N–H and O–H groups in total. The van der Waals surface area contributed by atoms with Gasteiger partial charge in [0, 0.05) is 44.2 Å². The molecule has 4 heterocycles. The first-order chi connectivity index (χ1) is 21.4. The summed E-state index contributed by atoms with van der Waals surface area (Å²) in [6.45, 7) is 2.59. The lowest BCUT2D eigenvalue weighted by Crippen LogP contribution is -2.45. The van der Waals surface area contributed by atoms with Gasteiger partial charge in [-0.25, -0.2) is 19.4 Å². The number of halogens is 6. The summed E-state index contributed by atoms with van der Waals surface area (Å²) in [7, 11) is 1.94. The van der Waals surface area contributed by atoms with E-state index < -0.39 is 42.0 Å². The fourth-order valence-electron chi connectivity index (χ4n) is 4.96. The zero-order valence-corrected chi connectivity index (χ0v) is 23.8. The fourth-order valence-corrected chi connectivity index (χ4v) is 4.96. The van der Waals surface area contributed by atoms with Gasteiger partial charge in [-0.15, -0.1) is 0 Å². The van der Waals surface area contributed by atoms with Gasteiger partial charge in [0.15, 0.2) is 11.6 Å². The molecule has 0 bridgehead atoms. The molecule has 11 nitrogen and oxygen atoms in total. The van der Waals surface area contributed by atoms with E-state index in [2.05, 4.69) is 37.1 Å². The molecule has 3 aromatic rings. The van der Waals surface area contributed by atoms with Crippen LogP contribution in [-0.2, 0) is 15.8 Å². The number of hydrogen-bond acceptors (Lipinski definition) is 10. The van der Waals surface area contributed by atoms with Crippen LogP contribution in [0.25, 0.3) is 0 Å². The normalized spacial score (nSPS) is 17.5. The summed E-state index contributed by atoms with van der Waals surface area (Å²) in [5.74, 6) is -2.20. The SMILES string of the molecule is C=CC(=O)Nc1cc(Nc2cc(N3OCCC3c3cccc(C(F)(F)F)c3F)ncn2)c(OC(F)F)nc1N1CCN(C)CC1. The van der Waals surface area contributed by atoms with Crippen molar-refractivity contribution in [2.45, 2.75) is 25.3 Å². The van der Waals surface area contributed by atoms with Crippen molar-refractivity contribution >= 4 is 34.7 Å². The van der Waals surface area contributed by atoms with Gasteiger partial charge >= 0.3 is 12.8 Å². The molecule has 1 aromatic carbocycles. The van der Waals surface area contributed by atoms with Gasteiger partial charge in [0.25, 0.3) is 0 Å². The van der Waals surface area contributed by atoms with E-state index in [-0.39, 0.29) is 47.4 Å². The van der Waals surface area contributed by atoms with Crippen molar-refractivity contribution in [1.82, 2.24) is 19.9 Å². The zero-order valence-electron chi connectivity index (χ0n) is 23.8. The number of piperazine rings is 1. The molecule has 45 heavy (non-hydrogen) atoms. The van der Waals surface area contributed by atoms with E-state index in [1.54, 1.807) is 0 Å². The maximum absolute atomic E-state index is 15.0. The number of aromatic nitrogens is 3. The van der Waals surface area contributed by atoms with Crippen LogP contribution in [0.2, 0.25) is 0 Å². The third-order valence-electron chi connectivity index (χ3n) is 7.15. The first-order valence-electron chi connectivity index (χ1n) is 13.7. The molecule has 0 saturated carbocycles.